The van der Waals surface area contributed by atoms with E-state index in [0.29, 0.717) is 29.5 Å². The summed E-state index contributed by atoms with van der Waals surface area (Å²) in [4.78, 5) is 24.2. The smallest absolute Gasteiger partial charge is 0.270 e. The molecule has 2 aromatic heterocycles. The molecule has 3 N–H and O–H groups in total. The van der Waals surface area contributed by atoms with Crippen LogP contribution >= 0.6 is 11.3 Å². The maximum Gasteiger partial charge on any atom is 0.270 e. The number of nitrogens with one attached hydrogen (secondary N) is 1. The minimum absolute atomic E-state index is 0.164. The Labute approximate surface area is 115 Å². The van der Waals surface area contributed by atoms with Crippen molar-refractivity contribution in [3.05, 3.63) is 29.7 Å². The number of hydrogen-bond donors (Lipinski definition) is 2. The quantitative estimate of drug-likeness (QED) is 0.770. The summed E-state index contributed by atoms with van der Waals surface area (Å²) in [5.41, 5.74) is 6.48. The molecule has 0 bridgehead atoms. The molecule has 0 fully saturated rings. The molecule has 100 valence electrons. The Morgan fingerprint density at radius 3 is 3.00 bits per heavy atom. The molecule has 19 heavy (non-hydrogen) atoms. The summed E-state index contributed by atoms with van der Waals surface area (Å²) in [6.07, 6.45) is 6.61. The highest BCUT2D eigenvalue weighted by Gasteiger charge is 2.11. The molecule has 2 heterocycles. The average Bonchev–Trinajstić information content (AvgIpc) is 2.94. The third-order valence-electron chi connectivity index (χ3n) is 2.44. The summed E-state index contributed by atoms with van der Waals surface area (Å²) in [6.45, 7) is 1.26. The molecular weight excluding hydrogens is 262 g/mol. The maximum atomic E-state index is 11.8. The first-order valence-corrected chi connectivity index (χ1v) is 6.89. The lowest BCUT2D eigenvalue weighted by atomic mass is 10.3. The number of unbranched alkanes of at least 4 members (excludes halogenated alkanes) is 1. The van der Waals surface area contributed by atoms with E-state index in [0.717, 1.165) is 12.8 Å². The van der Waals surface area contributed by atoms with Gasteiger partial charge in [0, 0.05) is 24.3 Å². The summed E-state index contributed by atoms with van der Waals surface area (Å²) in [5.74, 6) is -0.164. The molecule has 1 amide bonds. The largest absolute Gasteiger partial charge is 0.351 e. The third kappa shape index (κ3) is 3.80. The summed E-state index contributed by atoms with van der Waals surface area (Å²) < 4.78 is 0. The number of nitrogens with zero attached hydrogens (tertiary/aromatic N) is 3. The van der Waals surface area contributed by atoms with Crippen molar-refractivity contribution in [2.24, 2.45) is 5.73 Å². The van der Waals surface area contributed by atoms with E-state index in [1.807, 2.05) is 0 Å². The van der Waals surface area contributed by atoms with Gasteiger partial charge in [-0.15, -0.1) is 11.3 Å². The Kier molecular flexibility index (Phi) is 4.93. The molecular formula is C12H15N5OS. The highest BCUT2D eigenvalue weighted by Crippen LogP contribution is 2.20. The van der Waals surface area contributed by atoms with Gasteiger partial charge in [0.25, 0.3) is 5.91 Å². The molecule has 0 saturated heterocycles. The normalized spacial score (nSPS) is 10.4. The lowest BCUT2D eigenvalue weighted by Crippen LogP contribution is -2.25. The van der Waals surface area contributed by atoms with E-state index in [4.69, 9.17) is 5.73 Å². The first-order valence-electron chi connectivity index (χ1n) is 6.01. The van der Waals surface area contributed by atoms with Crippen LogP contribution in [0.3, 0.4) is 0 Å². The summed E-state index contributed by atoms with van der Waals surface area (Å²) in [5, 5.41) is 5.23. The van der Waals surface area contributed by atoms with Gasteiger partial charge in [0.1, 0.15) is 16.4 Å². The van der Waals surface area contributed by atoms with Gasteiger partial charge in [-0.1, -0.05) is 0 Å². The van der Waals surface area contributed by atoms with Gasteiger partial charge >= 0.3 is 0 Å². The fraction of sp³-hybridized carbons (Fsp3) is 0.333. The van der Waals surface area contributed by atoms with Gasteiger partial charge in [0.2, 0.25) is 0 Å². The van der Waals surface area contributed by atoms with E-state index >= 15 is 0 Å². The Hall–Kier alpha value is -1.86. The van der Waals surface area contributed by atoms with E-state index < -0.39 is 0 Å². The van der Waals surface area contributed by atoms with E-state index in [-0.39, 0.29) is 5.91 Å². The van der Waals surface area contributed by atoms with Crippen molar-refractivity contribution in [2.45, 2.75) is 12.8 Å². The molecule has 2 aromatic rings. The van der Waals surface area contributed by atoms with E-state index in [9.17, 15) is 4.79 Å². The van der Waals surface area contributed by atoms with Crippen LogP contribution in [0.1, 0.15) is 23.3 Å². The number of nitrogens with two attached hydrogens (primary N) is 1. The van der Waals surface area contributed by atoms with Gasteiger partial charge < -0.3 is 11.1 Å². The van der Waals surface area contributed by atoms with Gasteiger partial charge in [-0.25, -0.2) is 4.98 Å². The zero-order valence-corrected chi connectivity index (χ0v) is 11.2. The minimum Gasteiger partial charge on any atom is -0.351 e. The molecule has 0 unspecified atom stereocenters. The van der Waals surface area contributed by atoms with Crippen LogP contribution in [0.2, 0.25) is 0 Å². The first-order chi connectivity index (χ1) is 9.31. The molecule has 0 aliphatic heterocycles. The summed E-state index contributed by atoms with van der Waals surface area (Å²) in [6, 6.07) is 0. The number of carbonyl (C=O) groups is 1. The van der Waals surface area contributed by atoms with Crippen molar-refractivity contribution in [3.8, 4) is 10.7 Å². The second kappa shape index (κ2) is 6.91. The van der Waals surface area contributed by atoms with Crippen molar-refractivity contribution in [2.75, 3.05) is 13.1 Å². The first kappa shape index (κ1) is 13.6. The number of hydrogen-bond acceptors (Lipinski definition) is 6. The fourth-order valence-corrected chi connectivity index (χ4v) is 2.23. The van der Waals surface area contributed by atoms with Crippen LogP contribution in [0.4, 0.5) is 0 Å². The molecule has 6 nitrogen and oxygen atoms in total. The topological polar surface area (TPSA) is 93.8 Å². The lowest BCUT2D eigenvalue weighted by Gasteiger charge is -2.01. The SMILES string of the molecule is NCCCCNC(=O)c1csc(-c2cnccn2)n1. The minimum atomic E-state index is -0.164. The van der Waals surface area contributed by atoms with Crippen molar-refractivity contribution >= 4 is 17.2 Å². The molecule has 0 spiro atoms. The Balaban J connectivity index is 1.95. The van der Waals surface area contributed by atoms with Crippen LogP contribution in [0, 0.1) is 0 Å². The van der Waals surface area contributed by atoms with Crippen molar-refractivity contribution in [3.63, 3.8) is 0 Å². The Morgan fingerprint density at radius 2 is 2.26 bits per heavy atom. The molecule has 0 atom stereocenters. The molecule has 0 aliphatic carbocycles. The second-order valence-electron chi connectivity index (χ2n) is 3.88. The van der Waals surface area contributed by atoms with Gasteiger partial charge in [-0.3, -0.25) is 14.8 Å². The van der Waals surface area contributed by atoms with Crippen LogP contribution in [0.5, 0.6) is 0 Å². The van der Waals surface area contributed by atoms with E-state index in [1.54, 1.807) is 24.0 Å². The molecule has 0 aliphatic rings. The molecule has 0 radical (unpaired) electrons. The van der Waals surface area contributed by atoms with Gasteiger partial charge in [-0.05, 0) is 19.4 Å². The summed E-state index contributed by atoms with van der Waals surface area (Å²) in [7, 11) is 0. The molecule has 7 heteroatoms. The molecule has 2 rings (SSSR count). The molecule has 0 saturated carbocycles. The fourth-order valence-electron chi connectivity index (χ4n) is 1.47. The van der Waals surface area contributed by atoms with Gasteiger partial charge in [-0.2, -0.15) is 0 Å². The monoisotopic (exact) mass is 277 g/mol. The predicted octanol–water partition coefficient (Wildman–Crippen LogP) is 1.07. The zero-order valence-electron chi connectivity index (χ0n) is 10.4. The number of amides is 1. The van der Waals surface area contributed by atoms with Crippen molar-refractivity contribution in [1.29, 1.82) is 0 Å². The average molecular weight is 277 g/mol. The maximum absolute atomic E-state index is 11.8. The lowest BCUT2D eigenvalue weighted by molar-refractivity contribution is 0.0949. The van der Waals surface area contributed by atoms with Crippen LogP contribution in [-0.4, -0.2) is 33.9 Å². The molecule has 0 aromatic carbocycles. The van der Waals surface area contributed by atoms with Crippen LogP contribution in [0.25, 0.3) is 10.7 Å². The third-order valence-corrected chi connectivity index (χ3v) is 3.30. The van der Waals surface area contributed by atoms with E-state index in [2.05, 4.69) is 20.3 Å². The van der Waals surface area contributed by atoms with Crippen molar-refractivity contribution < 1.29 is 4.79 Å². The van der Waals surface area contributed by atoms with Crippen LogP contribution < -0.4 is 11.1 Å². The second-order valence-corrected chi connectivity index (χ2v) is 4.74. The van der Waals surface area contributed by atoms with Crippen molar-refractivity contribution in [1.82, 2.24) is 20.3 Å². The standard InChI is InChI=1S/C12H15N5OS/c13-3-1-2-4-16-11(18)10-8-19-12(17-10)9-7-14-5-6-15-9/h5-8H,1-4,13H2,(H,16,18). The number of thiazole rings is 1. The van der Waals surface area contributed by atoms with Gasteiger partial charge in [0.05, 0.1) is 6.20 Å². The van der Waals surface area contributed by atoms with Crippen LogP contribution in [0.15, 0.2) is 24.0 Å². The number of aromatic nitrogens is 3. The zero-order chi connectivity index (χ0) is 13.5. The Bertz CT molecular complexity index is 528. The van der Waals surface area contributed by atoms with E-state index in [1.165, 1.54) is 11.3 Å². The van der Waals surface area contributed by atoms with Gasteiger partial charge in [0.15, 0.2) is 0 Å². The van der Waals surface area contributed by atoms with Crippen LogP contribution in [-0.2, 0) is 0 Å². The highest BCUT2D eigenvalue weighted by atomic mass is 32.1. The Morgan fingerprint density at radius 1 is 1.37 bits per heavy atom. The number of rotatable bonds is 6. The highest BCUT2D eigenvalue weighted by molar-refractivity contribution is 7.13. The summed E-state index contributed by atoms with van der Waals surface area (Å²) >= 11 is 1.38. The number of carbonyl (C=O) groups excluding carboxylic acids is 1. The predicted molar refractivity (Wildman–Crippen MR) is 73.8 cm³/mol.